The molecule has 0 spiro atoms. The molecule has 1 N–H and O–H groups in total. The van der Waals surface area contributed by atoms with Crippen LogP contribution in [0.5, 0.6) is 0 Å². The molecule has 3 nitrogen and oxygen atoms in total. The summed E-state index contributed by atoms with van der Waals surface area (Å²) >= 11 is 0. The lowest BCUT2D eigenvalue weighted by molar-refractivity contribution is 0.627. The predicted molar refractivity (Wildman–Crippen MR) is 48.0 cm³/mol. The van der Waals surface area contributed by atoms with Crippen LogP contribution in [-0.2, 0) is 10.3 Å². The van der Waals surface area contributed by atoms with Crippen molar-refractivity contribution in [1.82, 2.24) is 0 Å². The second kappa shape index (κ2) is 2.64. The lowest BCUT2D eigenvalue weighted by atomic mass is 10.2. The van der Waals surface area contributed by atoms with Crippen molar-refractivity contribution in [2.45, 2.75) is 0 Å². The molecule has 4 heteroatoms. The molecule has 0 amide bonds. The van der Waals surface area contributed by atoms with Crippen LogP contribution in [0.4, 0.5) is 5.69 Å². The van der Waals surface area contributed by atoms with Crippen molar-refractivity contribution < 1.29 is 8.42 Å². The summed E-state index contributed by atoms with van der Waals surface area (Å²) in [7, 11) is -2.10. The minimum absolute atomic E-state index is 0.412. The number of hydrogen-bond acceptors (Lipinski definition) is 3. The molecule has 1 heterocycles. The topological polar surface area (TPSA) is 46.2 Å². The fourth-order valence-electron chi connectivity index (χ4n) is 1.30. The van der Waals surface area contributed by atoms with Gasteiger partial charge in [0.1, 0.15) is 4.86 Å². The molecule has 0 saturated heterocycles. The van der Waals surface area contributed by atoms with E-state index in [0.29, 0.717) is 11.4 Å². The predicted octanol–water partition coefficient (Wildman–Crippen LogP) is 0.512. The summed E-state index contributed by atoms with van der Waals surface area (Å²) in [5.74, 6) is 0. The van der Waals surface area contributed by atoms with E-state index in [1.807, 2.05) is 18.2 Å². The van der Waals surface area contributed by atoms with Gasteiger partial charge in [0.15, 0.2) is 0 Å². The third kappa shape index (κ3) is 1.00. The highest BCUT2D eigenvalue weighted by atomic mass is 32.2. The standard InChI is InChI=1S/C8H7NO2S/c10-12(11)8-5-9-7-4-2-1-3-6(7)8/h1-4,9H,5H2. The zero-order chi connectivity index (χ0) is 8.55. The van der Waals surface area contributed by atoms with Crippen LogP contribution in [0, 0.1) is 0 Å². The van der Waals surface area contributed by atoms with Gasteiger partial charge in [-0.3, -0.25) is 0 Å². The molecule has 0 aliphatic carbocycles. The van der Waals surface area contributed by atoms with Gasteiger partial charge in [-0.1, -0.05) is 18.2 Å². The first kappa shape index (κ1) is 7.36. The van der Waals surface area contributed by atoms with Gasteiger partial charge in [-0.05, 0) is 6.07 Å². The fourth-order valence-corrected chi connectivity index (χ4v) is 1.85. The molecule has 62 valence electrons. The van der Waals surface area contributed by atoms with Gasteiger partial charge < -0.3 is 5.32 Å². The van der Waals surface area contributed by atoms with E-state index in [-0.39, 0.29) is 0 Å². The largest absolute Gasteiger partial charge is 0.379 e. The Balaban J connectivity index is 2.73. The Morgan fingerprint density at radius 2 is 2.00 bits per heavy atom. The highest BCUT2D eigenvalue weighted by Gasteiger charge is 2.16. The first-order valence-electron chi connectivity index (χ1n) is 3.57. The van der Waals surface area contributed by atoms with Crippen molar-refractivity contribution in [1.29, 1.82) is 0 Å². The van der Waals surface area contributed by atoms with Crippen LogP contribution in [0.15, 0.2) is 24.3 Å². The van der Waals surface area contributed by atoms with Crippen molar-refractivity contribution in [2.24, 2.45) is 0 Å². The molecule has 1 aliphatic rings. The average molecular weight is 181 g/mol. The van der Waals surface area contributed by atoms with Crippen molar-refractivity contribution >= 4 is 20.8 Å². The second-order valence-electron chi connectivity index (χ2n) is 2.56. The quantitative estimate of drug-likeness (QED) is 0.593. The number of hydrogen-bond donors (Lipinski definition) is 1. The van der Waals surface area contributed by atoms with Gasteiger partial charge in [-0.25, -0.2) is 0 Å². The van der Waals surface area contributed by atoms with Gasteiger partial charge in [-0.15, -0.1) is 0 Å². The maximum Gasteiger partial charge on any atom is 0.219 e. The molecule has 0 aromatic heterocycles. The molecule has 2 rings (SSSR count). The van der Waals surface area contributed by atoms with E-state index in [0.717, 1.165) is 11.3 Å². The molecular weight excluding hydrogens is 174 g/mol. The number of nitrogens with one attached hydrogen (secondary N) is 1. The Bertz CT molecular complexity index is 440. The minimum atomic E-state index is -2.10. The summed E-state index contributed by atoms with van der Waals surface area (Å²) in [5.41, 5.74) is 1.70. The Labute approximate surface area is 71.6 Å². The molecule has 0 fully saturated rings. The number of rotatable bonds is 0. The minimum Gasteiger partial charge on any atom is -0.379 e. The van der Waals surface area contributed by atoms with E-state index >= 15 is 0 Å². The molecule has 0 saturated carbocycles. The summed E-state index contributed by atoms with van der Waals surface area (Å²) in [4.78, 5) is 0.450. The van der Waals surface area contributed by atoms with Gasteiger partial charge in [0, 0.05) is 11.3 Å². The van der Waals surface area contributed by atoms with Crippen LogP contribution in [0.25, 0.3) is 0 Å². The Kier molecular flexibility index (Phi) is 1.62. The van der Waals surface area contributed by atoms with Crippen LogP contribution >= 0.6 is 0 Å². The van der Waals surface area contributed by atoms with E-state index < -0.39 is 10.3 Å². The molecule has 1 aromatic carbocycles. The molecule has 0 bridgehead atoms. The summed E-state index contributed by atoms with van der Waals surface area (Å²) in [6.07, 6.45) is 0. The normalized spacial score (nSPS) is 13.8. The van der Waals surface area contributed by atoms with E-state index in [1.165, 1.54) is 0 Å². The van der Waals surface area contributed by atoms with Crippen LogP contribution in [0.1, 0.15) is 5.56 Å². The molecule has 0 radical (unpaired) electrons. The zero-order valence-corrected chi connectivity index (χ0v) is 7.06. The van der Waals surface area contributed by atoms with Crippen LogP contribution in [0.3, 0.4) is 0 Å². The Morgan fingerprint density at radius 1 is 1.25 bits per heavy atom. The Hall–Kier alpha value is -1.29. The smallest absolute Gasteiger partial charge is 0.219 e. The van der Waals surface area contributed by atoms with E-state index in [2.05, 4.69) is 5.32 Å². The van der Waals surface area contributed by atoms with Crippen molar-refractivity contribution in [3.05, 3.63) is 29.8 Å². The Morgan fingerprint density at radius 3 is 2.75 bits per heavy atom. The van der Waals surface area contributed by atoms with Gasteiger partial charge in [0.2, 0.25) is 10.3 Å². The van der Waals surface area contributed by atoms with E-state index in [1.54, 1.807) is 6.07 Å². The van der Waals surface area contributed by atoms with E-state index in [9.17, 15) is 8.42 Å². The van der Waals surface area contributed by atoms with Gasteiger partial charge >= 0.3 is 0 Å². The third-order valence-corrected chi connectivity index (χ3v) is 2.63. The number of benzene rings is 1. The number of fused-ring (bicyclic) bond motifs is 1. The highest BCUT2D eigenvalue weighted by molar-refractivity contribution is 7.73. The average Bonchev–Trinajstić information content (AvgIpc) is 2.47. The first-order chi connectivity index (χ1) is 5.79. The first-order valence-corrected chi connectivity index (χ1v) is 4.65. The summed E-state index contributed by atoms with van der Waals surface area (Å²) < 4.78 is 21.4. The third-order valence-electron chi connectivity index (χ3n) is 1.87. The molecule has 12 heavy (non-hydrogen) atoms. The van der Waals surface area contributed by atoms with Gasteiger partial charge in [0.25, 0.3) is 0 Å². The van der Waals surface area contributed by atoms with Crippen molar-refractivity contribution in [2.75, 3.05) is 11.9 Å². The monoisotopic (exact) mass is 181 g/mol. The summed E-state index contributed by atoms with van der Waals surface area (Å²) in [5, 5.41) is 3.00. The SMILES string of the molecule is O=S(=O)=C1CNc2ccccc21. The highest BCUT2D eigenvalue weighted by Crippen LogP contribution is 2.20. The number of anilines is 1. The molecule has 1 aliphatic heterocycles. The number of para-hydroxylation sites is 1. The van der Waals surface area contributed by atoms with Crippen molar-refractivity contribution in [3.8, 4) is 0 Å². The van der Waals surface area contributed by atoms with Gasteiger partial charge in [0.05, 0.1) is 6.54 Å². The van der Waals surface area contributed by atoms with E-state index in [4.69, 9.17) is 0 Å². The maximum absolute atomic E-state index is 10.7. The second-order valence-corrected chi connectivity index (χ2v) is 3.52. The summed E-state index contributed by atoms with van der Waals surface area (Å²) in [6, 6.07) is 7.39. The summed E-state index contributed by atoms with van der Waals surface area (Å²) in [6.45, 7) is 0.412. The lowest BCUT2D eigenvalue weighted by Crippen LogP contribution is -2.04. The molecule has 0 atom stereocenters. The van der Waals surface area contributed by atoms with Crippen LogP contribution < -0.4 is 5.32 Å². The van der Waals surface area contributed by atoms with Crippen LogP contribution in [0.2, 0.25) is 0 Å². The van der Waals surface area contributed by atoms with Crippen LogP contribution in [-0.4, -0.2) is 19.8 Å². The zero-order valence-electron chi connectivity index (χ0n) is 6.24. The lowest BCUT2D eigenvalue weighted by Gasteiger charge is -1.93. The fraction of sp³-hybridized carbons (Fsp3) is 0.125. The van der Waals surface area contributed by atoms with Crippen molar-refractivity contribution in [3.63, 3.8) is 0 Å². The molecular formula is C8H7NO2S. The van der Waals surface area contributed by atoms with Gasteiger partial charge in [-0.2, -0.15) is 8.42 Å². The molecule has 0 unspecified atom stereocenters. The maximum atomic E-state index is 10.7. The molecule has 1 aromatic rings.